The summed E-state index contributed by atoms with van der Waals surface area (Å²) in [4.78, 5) is 70.7. The minimum Gasteiger partial charge on any atom is -0.481 e. The Balaban J connectivity index is 0.00000101. The Morgan fingerprint density at radius 1 is 0.485 bits per heavy atom. The molecule has 2 aromatic carbocycles. The Kier molecular flexibility index (Phi) is 25.8. The van der Waals surface area contributed by atoms with Crippen molar-refractivity contribution in [3.05, 3.63) is 102 Å². The number of carbonyl (C=O) groups is 6. The smallest absolute Gasteiger partial charge is 0.311 e. The molecule has 0 aromatic heterocycles. The van der Waals surface area contributed by atoms with Crippen LogP contribution < -0.4 is 0 Å². The summed E-state index contributed by atoms with van der Waals surface area (Å²) >= 11 is 5.32. The van der Waals surface area contributed by atoms with Gasteiger partial charge in [0.15, 0.2) is 0 Å². The first kappa shape index (κ1) is 60.8. The van der Waals surface area contributed by atoms with Crippen LogP contribution in [0.15, 0.2) is 90.5 Å². The second-order valence-corrected chi connectivity index (χ2v) is 19.5. The fourth-order valence-corrected chi connectivity index (χ4v) is 7.21. The summed E-state index contributed by atoms with van der Waals surface area (Å²) in [7, 11) is 0. The first-order valence-electron chi connectivity index (χ1n) is 22.5. The molecule has 13 heteroatoms. The van der Waals surface area contributed by atoms with Gasteiger partial charge in [0.05, 0.1) is 32.5 Å². The maximum atomic E-state index is 12.7. The van der Waals surface area contributed by atoms with Crippen molar-refractivity contribution in [1.82, 2.24) is 0 Å². The van der Waals surface area contributed by atoms with E-state index < -0.39 is 62.3 Å². The number of rotatable bonds is 24. The van der Waals surface area contributed by atoms with Gasteiger partial charge in [0.2, 0.25) is 0 Å². The summed E-state index contributed by atoms with van der Waals surface area (Å²) in [5, 5.41) is 28.0. The van der Waals surface area contributed by atoms with Crippen LogP contribution >= 0.6 is 11.6 Å². The first-order valence-corrected chi connectivity index (χ1v) is 22.9. The number of carbonyl (C=O) groups excluding carboxylic acids is 3. The molecule has 2 aromatic rings. The molecule has 368 valence electrons. The molecule has 2 rings (SSSR count). The van der Waals surface area contributed by atoms with Gasteiger partial charge in [0.25, 0.3) is 0 Å². The lowest BCUT2D eigenvalue weighted by molar-refractivity contribution is -0.160. The van der Waals surface area contributed by atoms with Gasteiger partial charge in [-0.1, -0.05) is 112 Å². The molecule has 12 nitrogen and oxygen atoms in total. The molecule has 0 saturated carbocycles. The van der Waals surface area contributed by atoms with Crippen LogP contribution in [0.3, 0.4) is 0 Å². The molecular formula is C53H77ClO12. The van der Waals surface area contributed by atoms with Crippen molar-refractivity contribution in [2.75, 3.05) is 19.8 Å². The number of halogens is 1. The molecule has 3 atom stereocenters. The van der Waals surface area contributed by atoms with Gasteiger partial charge in [-0.2, -0.15) is 0 Å². The highest BCUT2D eigenvalue weighted by Gasteiger charge is 2.44. The minimum atomic E-state index is -0.961. The van der Waals surface area contributed by atoms with Crippen molar-refractivity contribution in [2.24, 2.45) is 32.5 Å². The Bertz CT molecular complexity index is 1910. The molecule has 66 heavy (non-hydrogen) atoms. The lowest BCUT2D eigenvalue weighted by Gasteiger charge is -2.32. The quantitative estimate of drug-likeness (QED) is 0.0513. The highest BCUT2D eigenvalue weighted by atomic mass is 35.5. The standard InChI is InChI=1S/C25H30O4.C15H26O4.C13H21ClO4/c1-5-25(4,22(26)27)18-24(2,3)23(28)29-17-16-21(19-12-8-6-9-13-19)20-14-10-7-11-15-20;1-6-8-9-10-19-13(18)14(3,4)11-15(5,7-2)12(16)17;1-5-13(4,10(15)16)9-12(2,3)11(17)18-8-6-7-14/h6-16H,5,17-18H2,1-4H3,(H,26,27);8-9H,6-7,10-11H2,1-5H3,(H,16,17);6-7H,5,8-9H2,1-4H3,(H,15,16)/b;9-8+;7-6+. The number of hydrogen-bond acceptors (Lipinski definition) is 9. The zero-order valence-electron chi connectivity index (χ0n) is 41.6. The van der Waals surface area contributed by atoms with Crippen molar-refractivity contribution >= 4 is 53.0 Å². The summed E-state index contributed by atoms with van der Waals surface area (Å²) in [5.74, 6) is -3.83. The van der Waals surface area contributed by atoms with E-state index in [1.807, 2.05) is 93.6 Å². The molecule has 0 heterocycles. The van der Waals surface area contributed by atoms with Crippen molar-refractivity contribution in [3.8, 4) is 0 Å². The molecule has 0 amide bonds. The van der Waals surface area contributed by atoms with E-state index in [1.165, 1.54) is 11.6 Å². The summed E-state index contributed by atoms with van der Waals surface area (Å²) in [6.07, 6.45) is 10.1. The highest BCUT2D eigenvalue weighted by molar-refractivity contribution is 6.25. The Labute approximate surface area is 398 Å². The SMILES string of the molecule is CC/C=C/COC(=O)C(C)(C)CC(C)(CC)C(=O)O.CCC(C)(CC(C)(C)C(=O)OC/C=C/Cl)C(=O)O.CCC(C)(CC(C)(C)C(=O)OCC=C(c1ccccc1)c1ccccc1)C(=O)O. The van der Waals surface area contributed by atoms with Gasteiger partial charge >= 0.3 is 35.8 Å². The third-order valence-electron chi connectivity index (χ3n) is 11.8. The van der Waals surface area contributed by atoms with Crippen LogP contribution in [0.4, 0.5) is 0 Å². The van der Waals surface area contributed by atoms with Crippen LogP contribution in [0, 0.1) is 32.5 Å². The maximum Gasteiger partial charge on any atom is 0.311 e. The predicted molar refractivity (Wildman–Crippen MR) is 261 cm³/mol. The van der Waals surface area contributed by atoms with E-state index in [-0.39, 0.29) is 45.1 Å². The Morgan fingerprint density at radius 2 is 0.788 bits per heavy atom. The molecule has 0 radical (unpaired) electrons. The number of esters is 3. The predicted octanol–water partition coefficient (Wildman–Crippen LogP) is 12.2. The number of carboxylic acids is 3. The molecule has 0 fully saturated rings. The van der Waals surface area contributed by atoms with Gasteiger partial charge in [0, 0.05) is 5.54 Å². The fourth-order valence-electron chi connectivity index (χ4n) is 7.14. The van der Waals surface area contributed by atoms with E-state index in [0.29, 0.717) is 19.3 Å². The van der Waals surface area contributed by atoms with Crippen LogP contribution in [-0.2, 0) is 43.0 Å². The Hall–Kier alpha value is -5.23. The topological polar surface area (TPSA) is 191 Å². The second-order valence-electron chi connectivity index (χ2n) is 19.2. The van der Waals surface area contributed by atoms with Crippen molar-refractivity contribution in [2.45, 2.75) is 135 Å². The van der Waals surface area contributed by atoms with Gasteiger partial charge in [-0.25, -0.2) is 0 Å². The van der Waals surface area contributed by atoms with Crippen LogP contribution in [0.2, 0.25) is 0 Å². The number of hydrogen-bond donors (Lipinski definition) is 3. The molecule has 0 aliphatic rings. The largest absolute Gasteiger partial charge is 0.481 e. The monoisotopic (exact) mass is 941 g/mol. The van der Waals surface area contributed by atoms with Crippen LogP contribution in [0.25, 0.3) is 5.57 Å². The summed E-state index contributed by atoms with van der Waals surface area (Å²) in [5.41, 5.74) is -0.987. The lowest BCUT2D eigenvalue weighted by atomic mass is 9.72. The van der Waals surface area contributed by atoms with E-state index in [9.17, 15) is 44.1 Å². The van der Waals surface area contributed by atoms with E-state index in [0.717, 1.165) is 23.1 Å². The molecule has 3 N–H and O–H groups in total. The van der Waals surface area contributed by atoms with Crippen molar-refractivity contribution < 1.29 is 58.3 Å². The number of allylic oxidation sites excluding steroid dienone is 1. The highest BCUT2D eigenvalue weighted by Crippen LogP contribution is 2.40. The van der Waals surface area contributed by atoms with Gasteiger partial charge in [-0.15, -0.1) is 0 Å². The molecule has 0 saturated heterocycles. The third kappa shape index (κ3) is 20.1. The number of ether oxygens (including phenoxy) is 3. The minimum absolute atomic E-state index is 0.0989. The molecule has 0 spiro atoms. The average Bonchev–Trinajstić information content (AvgIpc) is 3.26. The third-order valence-corrected chi connectivity index (χ3v) is 12.0. The average molecular weight is 942 g/mol. The van der Waals surface area contributed by atoms with Gasteiger partial charge < -0.3 is 29.5 Å². The van der Waals surface area contributed by atoms with E-state index in [1.54, 1.807) is 75.3 Å². The molecule has 3 unspecified atom stereocenters. The summed E-state index contributed by atoms with van der Waals surface area (Å²) in [6.45, 7) is 23.2. The first-order chi connectivity index (χ1) is 30.6. The van der Waals surface area contributed by atoms with Gasteiger partial charge in [0.1, 0.15) is 19.8 Å². The van der Waals surface area contributed by atoms with E-state index in [2.05, 4.69) is 0 Å². The zero-order valence-corrected chi connectivity index (χ0v) is 42.4. The summed E-state index contributed by atoms with van der Waals surface area (Å²) in [6, 6.07) is 19.9. The normalized spacial score (nSPS) is 14.4. The van der Waals surface area contributed by atoms with E-state index >= 15 is 0 Å². The van der Waals surface area contributed by atoms with Gasteiger partial charge in [-0.05, 0) is 136 Å². The number of aliphatic carboxylic acids is 3. The van der Waals surface area contributed by atoms with Crippen LogP contribution in [0.5, 0.6) is 0 Å². The van der Waals surface area contributed by atoms with Crippen molar-refractivity contribution in [3.63, 3.8) is 0 Å². The summed E-state index contributed by atoms with van der Waals surface area (Å²) < 4.78 is 15.7. The molecule has 0 aliphatic heterocycles. The molecule has 0 aliphatic carbocycles. The second kappa shape index (κ2) is 28.1. The number of carboxylic acid groups (broad SMARTS) is 3. The maximum absolute atomic E-state index is 12.7. The Morgan fingerprint density at radius 3 is 1.06 bits per heavy atom. The lowest BCUT2D eigenvalue weighted by Crippen LogP contribution is -2.37. The van der Waals surface area contributed by atoms with Crippen molar-refractivity contribution in [1.29, 1.82) is 0 Å². The molecule has 0 bridgehead atoms. The van der Waals surface area contributed by atoms with E-state index in [4.69, 9.17) is 25.8 Å². The van der Waals surface area contributed by atoms with Crippen LogP contribution in [0.1, 0.15) is 146 Å². The number of benzene rings is 2. The zero-order chi connectivity index (χ0) is 51.0. The van der Waals surface area contributed by atoms with Gasteiger partial charge in [-0.3, -0.25) is 28.8 Å². The van der Waals surface area contributed by atoms with Crippen LogP contribution in [-0.4, -0.2) is 71.0 Å². The molecular weight excluding hydrogens is 864 g/mol. The fraction of sp³-hybridized carbons (Fsp3) is 0.547.